The molecule has 0 aliphatic heterocycles. The minimum Gasteiger partial charge on any atom is -0.497 e. The van der Waals surface area contributed by atoms with Crippen LogP contribution in [0.15, 0.2) is 30.5 Å². The largest absolute Gasteiger partial charge is 0.497 e. The van der Waals surface area contributed by atoms with Crippen molar-refractivity contribution in [3.63, 3.8) is 0 Å². The first-order valence-electron chi connectivity index (χ1n) is 6.62. The highest BCUT2D eigenvalue weighted by atomic mass is 16.5. The number of hydrogen-bond donors (Lipinski definition) is 1. The number of benzene rings is 1. The molecule has 1 N–H and O–H groups in total. The van der Waals surface area contributed by atoms with Crippen molar-refractivity contribution >= 4 is 5.95 Å². The Morgan fingerprint density at radius 2 is 1.85 bits per heavy atom. The fourth-order valence-electron chi connectivity index (χ4n) is 1.61. The molecule has 0 amide bonds. The topological polar surface area (TPSA) is 56.3 Å². The molecule has 0 saturated carbocycles. The average molecular weight is 273 g/mol. The summed E-state index contributed by atoms with van der Waals surface area (Å²) in [7, 11) is 1.64. The number of ether oxygens (including phenoxy) is 2. The van der Waals surface area contributed by atoms with Gasteiger partial charge in [-0.25, -0.2) is 4.98 Å². The Morgan fingerprint density at radius 1 is 1.15 bits per heavy atom. The number of hydrogen-bond acceptors (Lipinski definition) is 5. The van der Waals surface area contributed by atoms with Crippen LogP contribution in [0.5, 0.6) is 17.4 Å². The van der Waals surface area contributed by atoms with Crippen LogP contribution in [0.2, 0.25) is 0 Å². The van der Waals surface area contributed by atoms with Gasteiger partial charge in [0.05, 0.1) is 7.11 Å². The molecule has 0 unspecified atom stereocenters. The van der Waals surface area contributed by atoms with E-state index in [9.17, 15) is 0 Å². The Hall–Kier alpha value is -2.30. The van der Waals surface area contributed by atoms with Gasteiger partial charge in [0.2, 0.25) is 11.8 Å². The van der Waals surface area contributed by atoms with Gasteiger partial charge < -0.3 is 14.8 Å². The molecule has 106 valence electrons. The lowest BCUT2D eigenvalue weighted by Crippen LogP contribution is -2.05. The summed E-state index contributed by atoms with van der Waals surface area (Å²) < 4.78 is 10.9. The van der Waals surface area contributed by atoms with Gasteiger partial charge in [0.25, 0.3) is 0 Å². The lowest BCUT2D eigenvalue weighted by molar-refractivity contribution is 0.412. The summed E-state index contributed by atoms with van der Waals surface area (Å²) >= 11 is 0. The van der Waals surface area contributed by atoms with Crippen LogP contribution in [0.3, 0.4) is 0 Å². The van der Waals surface area contributed by atoms with E-state index in [1.54, 1.807) is 13.3 Å². The van der Waals surface area contributed by atoms with Gasteiger partial charge in [-0.3, -0.25) is 0 Å². The van der Waals surface area contributed by atoms with E-state index in [1.165, 1.54) is 0 Å². The third kappa shape index (κ3) is 3.60. The molecular weight excluding hydrogens is 254 g/mol. The molecule has 0 bridgehead atoms. The van der Waals surface area contributed by atoms with Crippen molar-refractivity contribution in [2.45, 2.75) is 20.3 Å². The van der Waals surface area contributed by atoms with E-state index in [-0.39, 0.29) is 0 Å². The molecule has 2 rings (SSSR count). The van der Waals surface area contributed by atoms with Crippen LogP contribution in [-0.4, -0.2) is 23.6 Å². The molecule has 1 aromatic heterocycles. The van der Waals surface area contributed by atoms with Gasteiger partial charge in [0.15, 0.2) is 0 Å². The number of nitrogens with zero attached hydrogens (tertiary/aromatic N) is 2. The smallest absolute Gasteiger partial charge is 0.226 e. The first-order valence-corrected chi connectivity index (χ1v) is 6.62. The SMILES string of the molecule is CCCNc1ncc(C)c(Oc2ccc(OC)cc2)n1. The first-order chi connectivity index (χ1) is 9.72. The summed E-state index contributed by atoms with van der Waals surface area (Å²) in [6.07, 6.45) is 2.77. The Kier molecular flexibility index (Phi) is 4.76. The third-order valence-corrected chi connectivity index (χ3v) is 2.73. The Morgan fingerprint density at radius 3 is 2.50 bits per heavy atom. The van der Waals surface area contributed by atoms with Gasteiger partial charge in [-0.2, -0.15) is 4.98 Å². The molecule has 0 spiro atoms. The lowest BCUT2D eigenvalue weighted by atomic mass is 10.3. The zero-order valence-corrected chi connectivity index (χ0v) is 12.0. The Labute approximate surface area is 119 Å². The highest BCUT2D eigenvalue weighted by Gasteiger charge is 2.06. The van der Waals surface area contributed by atoms with Crippen molar-refractivity contribution in [3.05, 3.63) is 36.0 Å². The molecular formula is C15H19N3O2. The summed E-state index contributed by atoms with van der Waals surface area (Å²) in [5.41, 5.74) is 0.892. The predicted octanol–water partition coefficient (Wildman–Crippen LogP) is 3.41. The molecule has 5 nitrogen and oxygen atoms in total. The second kappa shape index (κ2) is 6.75. The lowest BCUT2D eigenvalue weighted by Gasteiger charge is -2.10. The van der Waals surface area contributed by atoms with E-state index in [1.807, 2.05) is 31.2 Å². The highest BCUT2D eigenvalue weighted by Crippen LogP contribution is 2.25. The van der Waals surface area contributed by atoms with Crippen LogP contribution in [0.4, 0.5) is 5.95 Å². The molecule has 1 heterocycles. The van der Waals surface area contributed by atoms with E-state index in [2.05, 4.69) is 22.2 Å². The fourth-order valence-corrected chi connectivity index (χ4v) is 1.61. The second-order valence-electron chi connectivity index (χ2n) is 4.39. The first kappa shape index (κ1) is 14.1. The molecule has 0 aliphatic rings. The van der Waals surface area contributed by atoms with Crippen LogP contribution in [0.1, 0.15) is 18.9 Å². The molecule has 0 fully saturated rings. The third-order valence-electron chi connectivity index (χ3n) is 2.73. The summed E-state index contributed by atoms with van der Waals surface area (Å²) in [5.74, 6) is 2.65. The quantitative estimate of drug-likeness (QED) is 0.874. The zero-order valence-electron chi connectivity index (χ0n) is 12.0. The van der Waals surface area contributed by atoms with E-state index in [4.69, 9.17) is 9.47 Å². The van der Waals surface area contributed by atoms with Gasteiger partial charge in [0.1, 0.15) is 11.5 Å². The standard InChI is InChI=1S/C15H19N3O2/c1-4-9-16-15-17-10-11(2)14(18-15)20-13-7-5-12(19-3)6-8-13/h5-8,10H,4,9H2,1-3H3,(H,16,17,18). The summed E-state index contributed by atoms with van der Waals surface area (Å²) in [4.78, 5) is 8.60. The molecule has 2 aromatic rings. The molecule has 20 heavy (non-hydrogen) atoms. The highest BCUT2D eigenvalue weighted by molar-refractivity contribution is 5.37. The fraction of sp³-hybridized carbons (Fsp3) is 0.333. The average Bonchev–Trinajstić information content (AvgIpc) is 2.49. The van der Waals surface area contributed by atoms with Crippen molar-refractivity contribution in [1.82, 2.24) is 9.97 Å². The van der Waals surface area contributed by atoms with Crippen molar-refractivity contribution in [1.29, 1.82) is 0 Å². The van der Waals surface area contributed by atoms with E-state index in [0.29, 0.717) is 17.6 Å². The number of methoxy groups -OCH3 is 1. The minimum atomic E-state index is 0.559. The van der Waals surface area contributed by atoms with E-state index >= 15 is 0 Å². The van der Waals surface area contributed by atoms with Crippen LogP contribution in [0.25, 0.3) is 0 Å². The Balaban J connectivity index is 2.14. The van der Waals surface area contributed by atoms with Crippen molar-refractivity contribution in [2.75, 3.05) is 19.0 Å². The van der Waals surface area contributed by atoms with Crippen molar-refractivity contribution in [3.8, 4) is 17.4 Å². The van der Waals surface area contributed by atoms with Gasteiger partial charge >= 0.3 is 0 Å². The van der Waals surface area contributed by atoms with Crippen molar-refractivity contribution < 1.29 is 9.47 Å². The number of rotatable bonds is 6. The van der Waals surface area contributed by atoms with Crippen LogP contribution in [0, 0.1) is 6.92 Å². The normalized spacial score (nSPS) is 10.2. The molecule has 5 heteroatoms. The number of nitrogens with one attached hydrogen (secondary N) is 1. The second-order valence-corrected chi connectivity index (χ2v) is 4.39. The summed E-state index contributed by atoms with van der Waals surface area (Å²) in [6, 6.07) is 7.39. The molecule has 0 atom stereocenters. The van der Waals surface area contributed by atoms with Gasteiger partial charge in [-0.1, -0.05) is 6.92 Å². The molecule has 0 aliphatic carbocycles. The Bertz CT molecular complexity index is 556. The molecule has 0 radical (unpaired) electrons. The number of aromatic nitrogens is 2. The number of anilines is 1. The zero-order chi connectivity index (χ0) is 14.4. The minimum absolute atomic E-state index is 0.559. The van der Waals surface area contributed by atoms with Gasteiger partial charge in [-0.05, 0) is 37.6 Å². The maximum absolute atomic E-state index is 5.78. The van der Waals surface area contributed by atoms with Gasteiger partial charge in [-0.15, -0.1) is 0 Å². The number of aryl methyl sites for hydroxylation is 1. The molecule has 1 aromatic carbocycles. The molecule has 0 saturated heterocycles. The summed E-state index contributed by atoms with van der Waals surface area (Å²) in [6.45, 7) is 4.85. The van der Waals surface area contributed by atoms with Crippen molar-refractivity contribution in [2.24, 2.45) is 0 Å². The van der Waals surface area contributed by atoms with Crippen LogP contribution >= 0.6 is 0 Å². The van der Waals surface area contributed by atoms with E-state index in [0.717, 1.165) is 24.3 Å². The monoisotopic (exact) mass is 273 g/mol. The van der Waals surface area contributed by atoms with Gasteiger partial charge in [0, 0.05) is 18.3 Å². The van der Waals surface area contributed by atoms with Crippen LogP contribution in [-0.2, 0) is 0 Å². The van der Waals surface area contributed by atoms with Crippen LogP contribution < -0.4 is 14.8 Å². The maximum atomic E-state index is 5.78. The summed E-state index contributed by atoms with van der Waals surface area (Å²) in [5, 5.41) is 3.14. The maximum Gasteiger partial charge on any atom is 0.226 e. The predicted molar refractivity (Wildman–Crippen MR) is 78.6 cm³/mol. The van der Waals surface area contributed by atoms with E-state index < -0.39 is 0 Å².